The Balaban J connectivity index is 1.26. The molecule has 11 heteroatoms. The van der Waals surface area contributed by atoms with Crippen LogP contribution in [0.1, 0.15) is 45.8 Å². The largest absolute Gasteiger partial charge is 0.508 e. The summed E-state index contributed by atoms with van der Waals surface area (Å²) in [6, 6.07) is 30.9. The molecule has 3 fully saturated rings. The van der Waals surface area contributed by atoms with Gasteiger partial charge in [0.1, 0.15) is 17.1 Å². The second-order valence-electron chi connectivity index (χ2n) is 14.8. The number of phenols is 2. The van der Waals surface area contributed by atoms with E-state index < -0.39 is 70.4 Å². The minimum atomic E-state index is -1.57. The SMILES string of the molecule is Cc1ccc(NN2C(=O)C3CC4C(=CCC5C(=O)N(c6ccc(C(=O)O)c(O)c6)C(=O)C54)C(c4c(O)ccc5ccccc45)C3(c3ccccc3)C2=O)cc1. The molecule has 0 spiro atoms. The number of rotatable bonds is 6. The molecule has 2 aliphatic carbocycles. The van der Waals surface area contributed by atoms with E-state index in [9.17, 15) is 34.5 Å². The topological polar surface area (TPSA) is 165 Å². The molecule has 55 heavy (non-hydrogen) atoms. The van der Waals surface area contributed by atoms with Gasteiger partial charge in [-0.3, -0.25) is 24.6 Å². The summed E-state index contributed by atoms with van der Waals surface area (Å²) < 4.78 is 0. The first-order valence-electron chi connectivity index (χ1n) is 18.1. The lowest BCUT2D eigenvalue weighted by Gasteiger charge is -2.51. The van der Waals surface area contributed by atoms with Crippen LogP contribution in [0.2, 0.25) is 0 Å². The Hall–Kier alpha value is -6.75. The molecule has 4 N–H and O–H groups in total. The molecule has 6 unspecified atom stereocenters. The van der Waals surface area contributed by atoms with Gasteiger partial charge >= 0.3 is 5.97 Å². The van der Waals surface area contributed by atoms with E-state index in [-0.39, 0.29) is 29.8 Å². The van der Waals surface area contributed by atoms with Gasteiger partial charge < -0.3 is 15.3 Å². The summed E-state index contributed by atoms with van der Waals surface area (Å²) in [6.45, 7) is 1.93. The fraction of sp³-hybridized carbons (Fsp3) is 0.205. The average molecular weight is 734 g/mol. The number of carbonyl (C=O) groups excluding carboxylic acids is 4. The number of carboxylic acids is 1. The third kappa shape index (κ3) is 4.85. The zero-order chi connectivity index (χ0) is 38.3. The van der Waals surface area contributed by atoms with Crippen LogP contribution in [0.4, 0.5) is 11.4 Å². The van der Waals surface area contributed by atoms with Crippen LogP contribution in [-0.2, 0) is 24.6 Å². The Bertz CT molecular complexity index is 2510. The summed E-state index contributed by atoms with van der Waals surface area (Å²) in [6.07, 6.45) is 2.10. The standard InChI is InChI=1S/C44H35N3O8/c1-23-11-14-26(15-12-23)45-47-40(51)33-22-32-29(18-19-31-36(32)41(52)46(39(31)50)27-16-17-30(42(53)54)35(49)21-27)38(44(33,43(47)55)25-8-3-2-4-9-25)37-28-10-6-5-7-24(28)13-20-34(37)48/h2-18,20-21,31-33,36,38,45,48-49H,19,22H2,1H3,(H,53,54). The molecule has 11 nitrogen and oxygen atoms in total. The average Bonchev–Trinajstić information content (AvgIpc) is 3.56. The van der Waals surface area contributed by atoms with Gasteiger partial charge in [-0.15, -0.1) is 0 Å². The second kappa shape index (κ2) is 12.4. The van der Waals surface area contributed by atoms with Crippen molar-refractivity contribution in [2.75, 3.05) is 10.3 Å². The summed E-state index contributed by atoms with van der Waals surface area (Å²) in [5, 5.41) is 34.5. The number of fused-ring (bicyclic) bond motifs is 5. The molecule has 2 saturated heterocycles. The fourth-order valence-corrected chi connectivity index (χ4v) is 9.74. The Morgan fingerprint density at radius 2 is 1.51 bits per heavy atom. The van der Waals surface area contributed by atoms with Crippen LogP contribution in [0.25, 0.3) is 10.8 Å². The van der Waals surface area contributed by atoms with Gasteiger partial charge in [0.2, 0.25) is 11.8 Å². The van der Waals surface area contributed by atoms with Crippen LogP contribution in [0, 0.1) is 30.6 Å². The Kier molecular flexibility index (Phi) is 7.68. The molecule has 1 saturated carbocycles. The van der Waals surface area contributed by atoms with E-state index in [2.05, 4.69) is 5.43 Å². The van der Waals surface area contributed by atoms with Crippen molar-refractivity contribution < 1.29 is 39.3 Å². The van der Waals surface area contributed by atoms with E-state index >= 15 is 4.79 Å². The number of anilines is 2. The van der Waals surface area contributed by atoms with Gasteiger partial charge in [-0.25, -0.2) is 9.69 Å². The van der Waals surface area contributed by atoms with Crippen molar-refractivity contribution in [1.29, 1.82) is 0 Å². The van der Waals surface area contributed by atoms with E-state index in [1.807, 2.05) is 79.7 Å². The highest BCUT2D eigenvalue weighted by molar-refractivity contribution is 6.23. The smallest absolute Gasteiger partial charge is 0.339 e. The number of hydrazine groups is 1. The van der Waals surface area contributed by atoms with Crippen molar-refractivity contribution >= 4 is 51.7 Å². The molecule has 5 aromatic rings. The maximum absolute atomic E-state index is 15.5. The van der Waals surface area contributed by atoms with Gasteiger partial charge in [0.25, 0.3) is 11.8 Å². The number of aryl methyl sites for hydroxylation is 1. The highest BCUT2D eigenvalue weighted by atomic mass is 16.4. The van der Waals surface area contributed by atoms with E-state index in [0.717, 1.165) is 33.0 Å². The number of carbonyl (C=O) groups is 5. The molecule has 2 heterocycles. The molecule has 5 aromatic carbocycles. The Morgan fingerprint density at radius 1 is 0.782 bits per heavy atom. The lowest BCUT2D eigenvalue weighted by molar-refractivity contribution is -0.138. The number of hydrogen-bond acceptors (Lipinski definition) is 8. The Labute approximate surface area is 315 Å². The first kappa shape index (κ1) is 34.0. The van der Waals surface area contributed by atoms with Crippen molar-refractivity contribution in [3.05, 3.63) is 143 Å². The number of aromatic hydroxyl groups is 2. The summed E-state index contributed by atoms with van der Waals surface area (Å²) in [4.78, 5) is 71.8. The third-order valence-corrected chi connectivity index (χ3v) is 12.1. The predicted molar refractivity (Wildman–Crippen MR) is 202 cm³/mol. The molecular weight excluding hydrogens is 698 g/mol. The monoisotopic (exact) mass is 733 g/mol. The van der Waals surface area contributed by atoms with Gasteiger partial charge in [-0.1, -0.05) is 90.0 Å². The normalized spacial score (nSPS) is 25.8. The molecule has 4 aliphatic rings. The molecule has 274 valence electrons. The Morgan fingerprint density at radius 3 is 2.24 bits per heavy atom. The zero-order valence-corrected chi connectivity index (χ0v) is 29.5. The number of allylic oxidation sites excluding steroid dienone is 2. The number of hydrogen-bond donors (Lipinski definition) is 4. The van der Waals surface area contributed by atoms with Crippen LogP contribution < -0.4 is 10.3 Å². The second-order valence-corrected chi connectivity index (χ2v) is 14.8. The lowest BCUT2D eigenvalue weighted by Crippen LogP contribution is -2.53. The summed E-state index contributed by atoms with van der Waals surface area (Å²) >= 11 is 0. The maximum Gasteiger partial charge on any atom is 0.339 e. The molecule has 6 atom stereocenters. The molecular formula is C44H35N3O8. The molecule has 0 bridgehead atoms. The zero-order valence-electron chi connectivity index (χ0n) is 29.5. The van der Waals surface area contributed by atoms with Gasteiger partial charge in [0, 0.05) is 17.5 Å². The first-order chi connectivity index (χ1) is 26.5. The van der Waals surface area contributed by atoms with E-state index in [0.29, 0.717) is 27.8 Å². The van der Waals surface area contributed by atoms with Crippen molar-refractivity contribution in [3.8, 4) is 11.5 Å². The summed E-state index contributed by atoms with van der Waals surface area (Å²) in [5.41, 5.74) is 4.40. The van der Waals surface area contributed by atoms with Gasteiger partial charge in [0.15, 0.2) is 0 Å². The highest BCUT2D eigenvalue weighted by Crippen LogP contribution is 2.65. The lowest BCUT2D eigenvalue weighted by atomic mass is 9.48. The van der Waals surface area contributed by atoms with Gasteiger partial charge in [-0.05, 0) is 72.4 Å². The van der Waals surface area contributed by atoms with Crippen molar-refractivity contribution in [3.63, 3.8) is 0 Å². The van der Waals surface area contributed by atoms with Gasteiger partial charge in [0.05, 0.1) is 34.5 Å². The van der Waals surface area contributed by atoms with Gasteiger partial charge in [-0.2, -0.15) is 5.01 Å². The van der Waals surface area contributed by atoms with E-state index in [1.165, 1.54) is 6.07 Å². The third-order valence-electron chi connectivity index (χ3n) is 12.1. The quantitative estimate of drug-likeness (QED) is 0.113. The van der Waals surface area contributed by atoms with E-state index in [4.69, 9.17) is 0 Å². The summed E-state index contributed by atoms with van der Waals surface area (Å²) in [7, 11) is 0. The number of phenolic OH excluding ortho intramolecular Hbond substituents is 1. The van der Waals surface area contributed by atoms with Crippen LogP contribution in [0.5, 0.6) is 11.5 Å². The molecule has 0 aromatic heterocycles. The number of imide groups is 2. The highest BCUT2D eigenvalue weighted by Gasteiger charge is 2.70. The number of benzene rings is 5. The number of nitrogens with one attached hydrogen (secondary N) is 1. The van der Waals surface area contributed by atoms with E-state index in [1.54, 1.807) is 24.3 Å². The summed E-state index contributed by atoms with van der Waals surface area (Å²) in [5.74, 6) is -8.51. The minimum absolute atomic E-state index is 0.0340. The molecule has 9 rings (SSSR count). The number of amides is 4. The van der Waals surface area contributed by atoms with Crippen LogP contribution in [0.3, 0.4) is 0 Å². The molecule has 4 amide bonds. The van der Waals surface area contributed by atoms with Crippen molar-refractivity contribution in [2.45, 2.75) is 31.1 Å². The van der Waals surface area contributed by atoms with Crippen LogP contribution in [-0.4, -0.2) is 49.9 Å². The molecule has 0 radical (unpaired) electrons. The number of carboxylic acid groups (broad SMARTS) is 1. The first-order valence-corrected chi connectivity index (χ1v) is 18.1. The number of aromatic carboxylic acids is 1. The maximum atomic E-state index is 15.5. The van der Waals surface area contributed by atoms with Crippen LogP contribution >= 0.6 is 0 Å². The molecule has 2 aliphatic heterocycles. The van der Waals surface area contributed by atoms with Crippen LogP contribution in [0.15, 0.2) is 121 Å². The van der Waals surface area contributed by atoms with Crippen molar-refractivity contribution in [2.24, 2.45) is 23.7 Å². The van der Waals surface area contributed by atoms with Crippen molar-refractivity contribution in [1.82, 2.24) is 5.01 Å². The predicted octanol–water partition coefficient (Wildman–Crippen LogP) is 6.45. The number of nitrogens with zero attached hydrogens (tertiary/aromatic N) is 2. The minimum Gasteiger partial charge on any atom is -0.508 e. The fourth-order valence-electron chi connectivity index (χ4n) is 9.74.